The van der Waals surface area contributed by atoms with Crippen LogP contribution in [0.4, 0.5) is 32.0 Å². The monoisotopic (exact) mass is 596 g/mol. The third-order valence-electron chi connectivity index (χ3n) is 6.00. The van der Waals surface area contributed by atoms with Gasteiger partial charge in [0.15, 0.2) is 0 Å². The SMILES string of the molecule is CP=C(OC(C(F)(F)F)C(F)(F)F)N1CCN(Cc2ccc(Cl)cc2N2CCC(NS(C)(=O)=O)C2)CC1. The number of ether oxygens (including phenoxy) is 1. The molecule has 2 heterocycles. The van der Waals surface area contributed by atoms with Crippen molar-refractivity contribution in [3.8, 4) is 0 Å². The summed E-state index contributed by atoms with van der Waals surface area (Å²) in [6.07, 6.45) is -13.3. The van der Waals surface area contributed by atoms with Gasteiger partial charge in [0.2, 0.25) is 10.0 Å². The van der Waals surface area contributed by atoms with Gasteiger partial charge >= 0.3 is 12.4 Å². The molecule has 210 valence electrons. The number of nitrogens with one attached hydrogen (secondary N) is 1. The molecular weight excluding hydrogens is 569 g/mol. The van der Waals surface area contributed by atoms with Gasteiger partial charge in [0, 0.05) is 62.6 Å². The molecule has 0 radical (unpaired) electrons. The minimum atomic E-state index is -5.58. The quantitative estimate of drug-likeness (QED) is 0.364. The third kappa shape index (κ3) is 8.67. The smallest absolute Gasteiger partial charge is 0.370 e. The highest BCUT2D eigenvalue weighted by atomic mass is 35.5. The lowest BCUT2D eigenvalue weighted by molar-refractivity contribution is -0.304. The predicted octanol–water partition coefficient (Wildman–Crippen LogP) is 3.76. The highest BCUT2D eigenvalue weighted by molar-refractivity contribution is 7.88. The van der Waals surface area contributed by atoms with Crippen molar-refractivity contribution in [1.29, 1.82) is 0 Å². The summed E-state index contributed by atoms with van der Waals surface area (Å²) >= 11 is 6.22. The zero-order valence-corrected chi connectivity index (χ0v) is 22.6. The number of piperazine rings is 1. The Morgan fingerprint density at radius 1 is 1.14 bits per heavy atom. The Morgan fingerprint density at radius 2 is 1.76 bits per heavy atom. The van der Waals surface area contributed by atoms with Crippen LogP contribution in [0.5, 0.6) is 0 Å². The second-order valence-corrected chi connectivity index (χ2v) is 12.0. The van der Waals surface area contributed by atoms with Crippen molar-refractivity contribution in [2.75, 3.05) is 57.1 Å². The van der Waals surface area contributed by atoms with Crippen molar-refractivity contribution < 1.29 is 39.5 Å². The normalized spacial score (nSPS) is 21.3. The van der Waals surface area contributed by atoms with Gasteiger partial charge < -0.3 is 9.64 Å². The summed E-state index contributed by atoms with van der Waals surface area (Å²) < 4.78 is 108. The van der Waals surface area contributed by atoms with Crippen molar-refractivity contribution in [2.24, 2.45) is 0 Å². The van der Waals surface area contributed by atoms with Crippen molar-refractivity contribution >= 4 is 41.1 Å². The molecule has 37 heavy (non-hydrogen) atoms. The van der Waals surface area contributed by atoms with Crippen LogP contribution in [0.2, 0.25) is 5.02 Å². The van der Waals surface area contributed by atoms with Crippen molar-refractivity contribution in [1.82, 2.24) is 14.5 Å². The molecule has 2 fully saturated rings. The molecule has 0 bridgehead atoms. The summed E-state index contributed by atoms with van der Waals surface area (Å²) in [6, 6.07) is 5.18. The molecule has 2 aliphatic heterocycles. The molecule has 0 spiro atoms. The van der Waals surface area contributed by atoms with Crippen LogP contribution in [0, 0.1) is 0 Å². The molecule has 1 unspecified atom stereocenters. The molecule has 1 aromatic rings. The first kappa shape index (κ1) is 30.4. The van der Waals surface area contributed by atoms with Gasteiger partial charge in [-0.1, -0.05) is 25.9 Å². The van der Waals surface area contributed by atoms with Gasteiger partial charge in [-0.05, 0) is 30.8 Å². The zero-order valence-electron chi connectivity index (χ0n) is 20.1. The molecule has 16 heteroatoms. The Bertz CT molecular complexity index is 1070. The highest BCUT2D eigenvalue weighted by Gasteiger charge is 2.59. The van der Waals surface area contributed by atoms with E-state index in [9.17, 15) is 34.8 Å². The van der Waals surface area contributed by atoms with Gasteiger partial charge in [-0.15, -0.1) is 0 Å². The number of alkyl halides is 6. The van der Waals surface area contributed by atoms with E-state index in [1.54, 1.807) is 12.1 Å². The molecule has 3 rings (SSSR count). The van der Waals surface area contributed by atoms with E-state index in [1.165, 1.54) is 11.6 Å². The largest absolute Gasteiger partial charge is 0.424 e. The fourth-order valence-corrected chi connectivity index (χ4v) is 6.03. The number of benzene rings is 1. The first-order valence-electron chi connectivity index (χ1n) is 11.3. The van der Waals surface area contributed by atoms with E-state index in [-0.39, 0.29) is 32.9 Å². The first-order chi connectivity index (χ1) is 17.1. The van der Waals surface area contributed by atoms with E-state index < -0.39 is 28.5 Å². The Balaban J connectivity index is 1.64. The maximum absolute atomic E-state index is 12.9. The molecule has 1 N–H and O–H groups in total. The van der Waals surface area contributed by atoms with Gasteiger partial charge in [0.1, 0.15) is 5.60 Å². The van der Waals surface area contributed by atoms with Crippen molar-refractivity contribution in [2.45, 2.75) is 37.5 Å². The van der Waals surface area contributed by atoms with E-state index in [1.807, 2.05) is 15.9 Å². The van der Waals surface area contributed by atoms with E-state index in [0.29, 0.717) is 44.2 Å². The summed E-state index contributed by atoms with van der Waals surface area (Å²) in [6.45, 7) is 4.19. The molecule has 0 aliphatic carbocycles. The van der Waals surface area contributed by atoms with Crippen LogP contribution in [0.15, 0.2) is 18.2 Å². The average Bonchev–Trinajstić information content (AvgIpc) is 3.21. The van der Waals surface area contributed by atoms with Crippen LogP contribution in [0.3, 0.4) is 0 Å². The minimum absolute atomic E-state index is 0.160. The Morgan fingerprint density at radius 3 is 2.30 bits per heavy atom. The molecule has 2 aliphatic rings. The van der Waals surface area contributed by atoms with E-state index >= 15 is 0 Å². The van der Waals surface area contributed by atoms with Crippen LogP contribution < -0.4 is 9.62 Å². The van der Waals surface area contributed by atoms with Crippen LogP contribution in [-0.2, 0) is 21.3 Å². The molecule has 7 nitrogen and oxygen atoms in total. The highest BCUT2D eigenvalue weighted by Crippen LogP contribution is 2.36. The summed E-state index contributed by atoms with van der Waals surface area (Å²) in [4.78, 5) is 5.50. The number of anilines is 1. The van der Waals surface area contributed by atoms with E-state index in [4.69, 9.17) is 11.6 Å². The fraction of sp³-hybridized carbons (Fsp3) is 0.667. The molecular formula is C21H28ClF6N4O3PS. The number of rotatable bonds is 8. The maximum atomic E-state index is 12.9. The van der Waals surface area contributed by atoms with Gasteiger partial charge in [-0.3, -0.25) is 4.90 Å². The fourth-order valence-electron chi connectivity index (χ4n) is 4.37. The lowest BCUT2D eigenvalue weighted by Gasteiger charge is -2.37. The van der Waals surface area contributed by atoms with Crippen molar-refractivity contribution in [3.05, 3.63) is 28.8 Å². The standard InChI is InChI=1S/C21H28ClF6N4O3PS/c1-36-19(35-18(20(23,24)25)21(26,27)28)31-9-7-30(8-10-31)12-14-3-4-15(22)11-17(14)32-6-5-16(13-32)29-37(2,33)34/h3-4,11,16,18,29H,5-10,12-13H2,1-2H3. The summed E-state index contributed by atoms with van der Waals surface area (Å²) in [5.74, 6) is 0. The number of halogens is 7. The molecule has 2 saturated heterocycles. The number of sulfonamides is 1. The molecule has 1 aromatic carbocycles. The van der Waals surface area contributed by atoms with Gasteiger partial charge in [-0.2, -0.15) is 26.3 Å². The first-order valence-corrected chi connectivity index (χ1v) is 14.9. The molecule has 0 amide bonds. The van der Waals surface area contributed by atoms with Crippen molar-refractivity contribution in [3.63, 3.8) is 0 Å². The summed E-state index contributed by atoms with van der Waals surface area (Å²) in [7, 11) is -3.19. The molecule has 1 atom stereocenters. The minimum Gasteiger partial charge on any atom is -0.370 e. The lowest BCUT2D eigenvalue weighted by atomic mass is 10.1. The maximum Gasteiger partial charge on any atom is 0.424 e. The Kier molecular flexibility index (Phi) is 9.80. The average molecular weight is 597 g/mol. The Hall–Kier alpha value is -1.15. The number of hydrogen-bond donors (Lipinski definition) is 1. The van der Waals surface area contributed by atoms with Gasteiger partial charge in [-0.25, -0.2) is 18.0 Å². The summed E-state index contributed by atoms with van der Waals surface area (Å²) in [5.41, 5.74) is 1.42. The van der Waals surface area contributed by atoms with Gasteiger partial charge in [0.05, 0.1) is 6.26 Å². The third-order valence-corrected chi connectivity index (χ3v) is 7.77. The van der Waals surface area contributed by atoms with Crippen LogP contribution in [0.25, 0.3) is 0 Å². The molecule has 0 saturated carbocycles. The van der Waals surface area contributed by atoms with Crippen LogP contribution in [-0.4, -0.2) is 101 Å². The Labute approximate surface area is 218 Å². The van der Waals surface area contributed by atoms with Crippen LogP contribution in [0.1, 0.15) is 12.0 Å². The topological polar surface area (TPSA) is 65.1 Å². The second kappa shape index (κ2) is 11.9. The second-order valence-electron chi connectivity index (χ2n) is 8.95. The lowest BCUT2D eigenvalue weighted by Crippen LogP contribution is -2.52. The van der Waals surface area contributed by atoms with Gasteiger partial charge in [0.25, 0.3) is 6.10 Å². The number of hydrogen-bond acceptors (Lipinski definition) is 5. The zero-order chi connectivity index (χ0) is 27.6. The van der Waals surface area contributed by atoms with E-state index in [2.05, 4.69) is 9.46 Å². The van der Waals surface area contributed by atoms with E-state index in [0.717, 1.165) is 17.5 Å². The van der Waals surface area contributed by atoms with Crippen LogP contribution >= 0.6 is 19.8 Å². The predicted molar refractivity (Wildman–Crippen MR) is 132 cm³/mol. The number of nitrogens with zero attached hydrogens (tertiary/aromatic N) is 3. The molecule has 0 aromatic heterocycles. The summed E-state index contributed by atoms with van der Waals surface area (Å²) in [5, 5.41) is 0.519.